The van der Waals surface area contributed by atoms with Crippen molar-refractivity contribution >= 4 is 0 Å². The smallest absolute Gasteiger partial charge is 0.0139 e. The van der Waals surface area contributed by atoms with Crippen molar-refractivity contribution < 1.29 is 0 Å². The van der Waals surface area contributed by atoms with Gasteiger partial charge in [-0.15, -0.1) is 0 Å². The van der Waals surface area contributed by atoms with Crippen LogP contribution in [0, 0.1) is 18.3 Å². The zero-order valence-electron chi connectivity index (χ0n) is 5.90. The molecule has 0 aliphatic heterocycles. The average molecular weight is 122 g/mol. The van der Waals surface area contributed by atoms with Crippen molar-refractivity contribution in [3.05, 3.63) is 6.42 Å². The van der Waals surface area contributed by atoms with E-state index in [-0.39, 0.29) is 0 Å². The van der Waals surface area contributed by atoms with Crippen LogP contribution in [0.3, 0.4) is 0 Å². The predicted octanol–water partition coefficient (Wildman–Crippen LogP) is 2.67. The van der Waals surface area contributed by atoms with Crippen molar-refractivity contribution in [2.24, 2.45) is 11.8 Å². The van der Waals surface area contributed by atoms with Crippen LogP contribution in [-0.4, -0.2) is 0 Å². The van der Waals surface area contributed by atoms with Crippen LogP contribution in [0.15, 0.2) is 0 Å². The van der Waals surface area contributed by atoms with Gasteiger partial charge in [0.15, 0.2) is 0 Å². The highest BCUT2D eigenvalue weighted by Crippen LogP contribution is 2.38. The number of rotatable bonds is 0. The molecule has 0 heterocycles. The predicted molar refractivity (Wildman–Crippen MR) is 37.9 cm³/mol. The van der Waals surface area contributed by atoms with Gasteiger partial charge in [-0.05, 0) is 43.9 Å². The fourth-order valence-electron chi connectivity index (χ4n) is 2.23. The molecule has 0 aromatic heterocycles. The summed E-state index contributed by atoms with van der Waals surface area (Å²) in [6, 6.07) is 0. The quantitative estimate of drug-likeness (QED) is 0.463. The van der Waals surface area contributed by atoms with Crippen LogP contribution in [0.1, 0.15) is 38.5 Å². The Balaban J connectivity index is 1.96. The van der Waals surface area contributed by atoms with Gasteiger partial charge in [0.1, 0.15) is 0 Å². The highest BCUT2D eigenvalue weighted by atomic mass is 14.3. The molecule has 0 heteroatoms. The van der Waals surface area contributed by atoms with E-state index in [0.29, 0.717) is 0 Å². The molecule has 0 saturated heterocycles. The molecule has 2 aliphatic rings. The zero-order valence-corrected chi connectivity index (χ0v) is 5.90. The van der Waals surface area contributed by atoms with Gasteiger partial charge in [-0.3, -0.25) is 0 Å². The molecule has 2 aliphatic carbocycles. The second-order valence-corrected chi connectivity index (χ2v) is 3.47. The first-order chi connectivity index (χ1) is 4.45. The van der Waals surface area contributed by atoms with E-state index in [1.807, 2.05) is 0 Å². The third kappa shape index (κ3) is 1.12. The molecule has 2 unspecified atom stereocenters. The second kappa shape index (κ2) is 2.32. The van der Waals surface area contributed by atoms with E-state index in [0.717, 1.165) is 11.8 Å². The lowest BCUT2D eigenvalue weighted by Gasteiger charge is -2.33. The van der Waals surface area contributed by atoms with Crippen LogP contribution in [0.2, 0.25) is 0 Å². The number of fused-ring (bicyclic) bond motifs is 2. The molecule has 0 aromatic carbocycles. The normalized spacial score (nSPS) is 42.7. The minimum Gasteiger partial charge on any atom is -0.0528 e. The Kier molecular flexibility index (Phi) is 1.48. The first kappa shape index (κ1) is 5.76. The van der Waals surface area contributed by atoms with E-state index in [1.165, 1.54) is 38.5 Å². The maximum atomic E-state index is 3.55. The van der Waals surface area contributed by atoms with Crippen molar-refractivity contribution in [2.45, 2.75) is 38.5 Å². The lowest BCUT2D eigenvalue weighted by molar-refractivity contribution is 0.237. The van der Waals surface area contributed by atoms with Gasteiger partial charge in [-0.1, -0.05) is 12.8 Å². The van der Waals surface area contributed by atoms with Crippen molar-refractivity contribution in [1.29, 1.82) is 0 Å². The second-order valence-electron chi connectivity index (χ2n) is 3.47. The van der Waals surface area contributed by atoms with Gasteiger partial charge in [0, 0.05) is 0 Å². The maximum Gasteiger partial charge on any atom is -0.0139 e. The molecule has 0 spiro atoms. The summed E-state index contributed by atoms with van der Waals surface area (Å²) in [7, 11) is 0. The van der Waals surface area contributed by atoms with E-state index in [4.69, 9.17) is 0 Å². The van der Waals surface area contributed by atoms with Gasteiger partial charge in [0.05, 0.1) is 0 Å². The zero-order chi connectivity index (χ0) is 6.10. The van der Waals surface area contributed by atoms with Gasteiger partial charge in [-0.25, -0.2) is 0 Å². The van der Waals surface area contributed by atoms with E-state index in [9.17, 15) is 0 Å². The lowest BCUT2D eigenvalue weighted by Crippen LogP contribution is -2.20. The van der Waals surface area contributed by atoms with E-state index in [2.05, 4.69) is 6.42 Å². The Morgan fingerprint density at radius 2 is 2.11 bits per heavy atom. The van der Waals surface area contributed by atoms with E-state index >= 15 is 0 Å². The Morgan fingerprint density at radius 1 is 1.11 bits per heavy atom. The summed E-state index contributed by atoms with van der Waals surface area (Å²) in [5.74, 6) is 1.99. The van der Waals surface area contributed by atoms with Crippen molar-refractivity contribution in [3.8, 4) is 0 Å². The molecule has 2 bridgehead atoms. The Labute approximate surface area is 57.6 Å². The summed E-state index contributed by atoms with van der Waals surface area (Å²) < 4.78 is 0. The highest BCUT2D eigenvalue weighted by molar-refractivity contribution is 4.88. The molecule has 0 aromatic rings. The summed E-state index contributed by atoms with van der Waals surface area (Å²) in [4.78, 5) is 0. The summed E-state index contributed by atoms with van der Waals surface area (Å²) in [6.45, 7) is 0. The lowest BCUT2D eigenvalue weighted by atomic mass is 9.72. The largest absolute Gasteiger partial charge is 0.0528 e. The first-order valence-corrected chi connectivity index (χ1v) is 4.18. The third-order valence-corrected chi connectivity index (χ3v) is 2.77. The van der Waals surface area contributed by atoms with Gasteiger partial charge in [-0.2, -0.15) is 0 Å². The topological polar surface area (TPSA) is 0 Å². The van der Waals surface area contributed by atoms with Gasteiger partial charge >= 0.3 is 0 Å². The van der Waals surface area contributed by atoms with Gasteiger partial charge in [0.25, 0.3) is 0 Å². The van der Waals surface area contributed by atoms with Gasteiger partial charge < -0.3 is 0 Å². The van der Waals surface area contributed by atoms with Crippen molar-refractivity contribution in [3.63, 3.8) is 0 Å². The summed E-state index contributed by atoms with van der Waals surface area (Å²) in [6.07, 6.45) is 12.2. The van der Waals surface area contributed by atoms with E-state index in [1.54, 1.807) is 0 Å². The van der Waals surface area contributed by atoms with Crippen LogP contribution in [0.25, 0.3) is 0 Å². The molecule has 0 amide bonds. The maximum absolute atomic E-state index is 3.55. The molecule has 0 N–H and O–H groups in total. The van der Waals surface area contributed by atoms with Gasteiger partial charge in [0.2, 0.25) is 0 Å². The highest BCUT2D eigenvalue weighted by Gasteiger charge is 2.25. The molecular formula is C9H14. The molecule has 9 heavy (non-hydrogen) atoms. The monoisotopic (exact) mass is 122 g/mol. The Morgan fingerprint density at radius 3 is 2.89 bits per heavy atom. The molecule has 2 atom stereocenters. The Bertz CT molecular complexity index is 76.2. The summed E-state index contributed by atoms with van der Waals surface area (Å²) in [5.41, 5.74) is 0. The van der Waals surface area contributed by atoms with Crippen LogP contribution in [-0.2, 0) is 0 Å². The van der Waals surface area contributed by atoms with Crippen LogP contribution < -0.4 is 0 Å². The molecule has 2 radical (unpaired) electrons. The SMILES string of the molecule is [C]1CCC2CCCC1C2. The molecule has 2 saturated carbocycles. The van der Waals surface area contributed by atoms with Crippen LogP contribution in [0.4, 0.5) is 0 Å². The summed E-state index contributed by atoms with van der Waals surface area (Å²) in [5, 5.41) is 0. The fourth-order valence-corrected chi connectivity index (χ4v) is 2.23. The van der Waals surface area contributed by atoms with Crippen molar-refractivity contribution in [2.75, 3.05) is 0 Å². The van der Waals surface area contributed by atoms with Crippen LogP contribution >= 0.6 is 0 Å². The minimum absolute atomic E-state index is 0.900. The summed E-state index contributed by atoms with van der Waals surface area (Å²) >= 11 is 0. The Hall–Kier alpha value is 0. The van der Waals surface area contributed by atoms with Crippen molar-refractivity contribution in [1.82, 2.24) is 0 Å². The van der Waals surface area contributed by atoms with E-state index < -0.39 is 0 Å². The first-order valence-electron chi connectivity index (χ1n) is 4.18. The molecular weight excluding hydrogens is 108 g/mol. The standard InChI is InChI=1S/C9H14/c1-3-8-5-2-6-9(4-1)7-8/h8-9H,1-5,7H2. The molecule has 2 fully saturated rings. The van der Waals surface area contributed by atoms with Crippen LogP contribution in [0.5, 0.6) is 0 Å². The minimum atomic E-state index is 0.900. The fraction of sp³-hybridized carbons (Fsp3) is 0.889. The molecule has 0 nitrogen and oxygen atoms in total. The molecule has 2 rings (SSSR count). The number of hydrogen-bond acceptors (Lipinski definition) is 0. The number of hydrogen-bond donors (Lipinski definition) is 0. The average Bonchev–Trinajstić information content (AvgIpc) is 1.88. The molecule has 50 valence electrons. The third-order valence-electron chi connectivity index (χ3n) is 2.77.